The van der Waals surface area contributed by atoms with E-state index in [1.807, 2.05) is 6.92 Å². The number of ether oxygens (including phenoxy) is 2. The second kappa shape index (κ2) is 8.57. The minimum Gasteiger partial charge on any atom is -0.493 e. The third kappa shape index (κ3) is 4.15. The number of nitrogens with one attached hydrogen (secondary N) is 1. The molecule has 1 heterocycles. The lowest BCUT2D eigenvalue weighted by Gasteiger charge is -2.10. The van der Waals surface area contributed by atoms with Crippen molar-refractivity contribution in [1.82, 2.24) is 14.9 Å². The van der Waals surface area contributed by atoms with E-state index in [-0.39, 0.29) is 11.3 Å². The van der Waals surface area contributed by atoms with Gasteiger partial charge in [0.05, 0.1) is 18.9 Å². The summed E-state index contributed by atoms with van der Waals surface area (Å²) in [5, 5.41) is 11.1. The fourth-order valence-corrected chi connectivity index (χ4v) is 2.63. The van der Waals surface area contributed by atoms with Gasteiger partial charge in [-0.3, -0.25) is 5.10 Å². The van der Waals surface area contributed by atoms with Crippen molar-refractivity contribution in [2.45, 2.75) is 13.3 Å². The number of rotatable bonds is 6. The van der Waals surface area contributed by atoms with Crippen molar-refractivity contribution < 1.29 is 18.7 Å². The molecule has 9 heteroatoms. The second-order valence-corrected chi connectivity index (χ2v) is 6.02. The van der Waals surface area contributed by atoms with Gasteiger partial charge in [-0.1, -0.05) is 19.1 Å². The Kier molecular flexibility index (Phi) is 5.95. The first-order chi connectivity index (χ1) is 13.5. The van der Waals surface area contributed by atoms with Gasteiger partial charge in [-0.15, -0.1) is 0 Å². The van der Waals surface area contributed by atoms with E-state index in [2.05, 4.69) is 15.3 Å². The van der Waals surface area contributed by atoms with Crippen LogP contribution in [0.3, 0.4) is 0 Å². The van der Waals surface area contributed by atoms with Gasteiger partial charge in [0.15, 0.2) is 17.3 Å². The van der Waals surface area contributed by atoms with Crippen LogP contribution in [-0.4, -0.2) is 34.2 Å². The van der Waals surface area contributed by atoms with E-state index in [0.29, 0.717) is 28.3 Å². The number of esters is 1. The zero-order valence-corrected chi connectivity index (χ0v) is 16.0. The molecule has 0 saturated carbocycles. The lowest BCUT2D eigenvalue weighted by molar-refractivity contribution is 0.0725. The molecule has 1 N–H and O–H groups in total. The molecule has 0 saturated heterocycles. The Labute approximate surface area is 165 Å². The number of H-pyrrole nitrogens is 1. The molecule has 0 amide bonds. The monoisotopic (exact) mass is 400 g/mol. The minimum absolute atomic E-state index is 0.156. The number of aromatic nitrogens is 3. The quantitative estimate of drug-likeness (QED) is 0.295. The van der Waals surface area contributed by atoms with Gasteiger partial charge in [-0.25, -0.2) is 9.18 Å². The SMILES string of the molecule is CCc1n[nH]c(=S)n1/N=C\c1ccc(OC(=O)c2ccccc2F)c(OC)c1. The fourth-order valence-electron chi connectivity index (χ4n) is 2.43. The largest absolute Gasteiger partial charge is 0.493 e. The van der Waals surface area contributed by atoms with Crippen molar-refractivity contribution in [3.8, 4) is 11.5 Å². The molecule has 3 rings (SSSR count). The predicted octanol–water partition coefficient (Wildman–Crippen LogP) is 3.75. The van der Waals surface area contributed by atoms with Crippen molar-refractivity contribution in [2.75, 3.05) is 7.11 Å². The number of carbonyl (C=O) groups excluding carboxylic acids is 1. The Morgan fingerprint density at radius 1 is 1.32 bits per heavy atom. The van der Waals surface area contributed by atoms with Crippen LogP contribution in [0.25, 0.3) is 0 Å². The van der Waals surface area contributed by atoms with Gasteiger partial charge in [0.2, 0.25) is 4.77 Å². The summed E-state index contributed by atoms with van der Waals surface area (Å²) in [5.74, 6) is -0.292. The van der Waals surface area contributed by atoms with Crippen molar-refractivity contribution in [2.24, 2.45) is 5.10 Å². The van der Waals surface area contributed by atoms with Crippen LogP contribution in [0.15, 0.2) is 47.6 Å². The zero-order valence-electron chi connectivity index (χ0n) is 15.2. The Morgan fingerprint density at radius 3 is 2.82 bits per heavy atom. The molecule has 0 atom stereocenters. The average molecular weight is 400 g/mol. The van der Waals surface area contributed by atoms with Crippen molar-refractivity contribution >= 4 is 24.4 Å². The summed E-state index contributed by atoms with van der Waals surface area (Å²) >= 11 is 5.15. The number of nitrogens with zero attached hydrogens (tertiary/aromatic N) is 3. The third-order valence-corrected chi connectivity index (χ3v) is 4.10. The van der Waals surface area contributed by atoms with Crippen LogP contribution in [0.5, 0.6) is 11.5 Å². The maximum atomic E-state index is 13.8. The summed E-state index contributed by atoms with van der Waals surface area (Å²) < 4.78 is 26.2. The van der Waals surface area contributed by atoms with Crippen LogP contribution in [0.2, 0.25) is 0 Å². The maximum Gasteiger partial charge on any atom is 0.346 e. The number of carbonyl (C=O) groups is 1. The van der Waals surface area contributed by atoms with Gasteiger partial charge in [-0.2, -0.15) is 14.9 Å². The van der Waals surface area contributed by atoms with Gasteiger partial charge < -0.3 is 9.47 Å². The predicted molar refractivity (Wildman–Crippen MR) is 104 cm³/mol. The first kappa shape index (κ1) is 19.4. The lowest BCUT2D eigenvalue weighted by Crippen LogP contribution is -2.11. The number of methoxy groups -OCH3 is 1. The highest BCUT2D eigenvalue weighted by Crippen LogP contribution is 2.28. The van der Waals surface area contributed by atoms with E-state index < -0.39 is 11.8 Å². The lowest BCUT2D eigenvalue weighted by atomic mass is 10.2. The van der Waals surface area contributed by atoms with Gasteiger partial charge in [0, 0.05) is 6.42 Å². The minimum atomic E-state index is -0.810. The van der Waals surface area contributed by atoms with E-state index in [4.69, 9.17) is 21.7 Å². The van der Waals surface area contributed by atoms with Crippen molar-refractivity contribution in [3.63, 3.8) is 0 Å². The van der Waals surface area contributed by atoms with Gasteiger partial charge in [0.1, 0.15) is 5.82 Å². The molecular formula is C19H17FN4O3S. The molecule has 144 valence electrons. The third-order valence-electron chi connectivity index (χ3n) is 3.84. The van der Waals surface area contributed by atoms with Crippen LogP contribution in [0.1, 0.15) is 28.7 Å². The second-order valence-electron chi connectivity index (χ2n) is 5.63. The molecule has 7 nitrogen and oxygen atoms in total. The fraction of sp³-hybridized carbons (Fsp3) is 0.158. The van der Waals surface area contributed by atoms with E-state index >= 15 is 0 Å². The zero-order chi connectivity index (χ0) is 20.1. The summed E-state index contributed by atoms with van der Waals surface area (Å²) in [5.41, 5.74) is 0.532. The van der Waals surface area contributed by atoms with Crippen molar-refractivity contribution in [3.05, 3.63) is 70.0 Å². The normalized spacial score (nSPS) is 11.0. The Balaban J connectivity index is 1.83. The topological polar surface area (TPSA) is 81.5 Å². The van der Waals surface area contributed by atoms with Crippen LogP contribution in [-0.2, 0) is 6.42 Å². The molecule has 0 radical (unpaired) electrons. The first-order valence-corrected chi connectivity index (χ1v) is 8.79. The molecule has 0 aliphatic rings. The summed E-state index contributed by atoms with van der Waals surface area (Å²) in [6.45, 7) is 1.94. The number of halogens is 1. The number of hydrogen-bond acceptors (Lipinski definition) is 6. The molecule has 3 aromatic rings. The van der Waals surface area contributed by atoms with Gasteiger partial charge in [0.25, 0.3) is 0 Å². The maximum absolute atomic E-state index is 13.8. The Morgan fingerprint density at radius 2 is 2.11 bits per heavy atom. The average Bonchev–Trinajstić information content (AvgIpc) is 3.07. The molecular weight excluding hydrogens is 383 g/mol. The molecule has 0 bridgehead atoms. The molecule has 0 aliphatic carbocycles. The molecule has 0 spiro atoms. The summed E-state index contributed by atoms with van der Waals surface area (Å²) in [6, 6.07) is 10.5. The molecule has 2 aromatic carbocycles. The molecule has 0 fully saturated rings. The van der Waals surface area contributed by atoms with Crippen molar-refractivity contribution in [1.29, 1.82) is 0 Å². The molecule has 1 aromatic heterocycles. The van der Waals surface area contributed by atoms with E-state index in [0.717, 1.165) is 0 Å². The number of benzene rings is 2. The Bertz CT molecular complexity index is 1090. The van der Waals surface area contributed by atoms with E-state index in [9.17, 15) is 9.18 Å². The van der Waals surface area contributed by atoms with Crippen LogP contribution < -0.4 is 9.47 Å². The molecule has 0 aliphatic heterocycles. The summed E-state index contributed by atoms with van der Waals surface area (Å²) in [4.78, 5) is 12.2. The smallest absolute Gasteiger partial charge is 0.346 e. The van der Waals surface area contributed by atoms with Crippen LogP contribution in [0.4, 0.5) is 4.39 Å². The van der Waals surface area contributed by atoms with Crippen LogP contribution >= 0.6 is 12.2 Å². The Hall–Kier alpha value is -3.33. The molecule has 28 heavy (non-hydrogen) atoms. The number of aromatic amines is 1. The van der Waals surface area contributed by atoms with Gasteiger partial charge in [-0.05, 0) is 48.1 Å². The summed E-state index contributed by atoms with van der Waals surface area (Å²) in [7, 11) is 1.44. The van der Waals surface area contributed by atoms with E-state index in [1.165, 1.54) is 30.0 Å². The highest BCUT2D eigenvalue weighted by molar-refractivity contribution is 7.71. The highest BCUT2D eigenvalue weighted by Gasteiger charge is 2.16. The first-order valence-electron chi connectivity index (χ1n) is 8.39. The standard InChI is InChI=1S/C19H17FN4O3S/c1-3-17-22-23-19(28)24(17)21-11-12-8-9-15(16(10-12)26-2)27-18(25)13-6-4-5-7-14(13)20/h4-11H,3H2,1-2H3,(H,23,28)/b21-11-. The summed E-state index contributed by atoms with van der Waals surface area (Å²) in [6.07, 6.45) is 2.24. The number of aryl methyl sites for hydroxylation is 1. The number of hydrogen-bond donors (Lipinski definition) is 1. The van der Waals surface area contributed by atoms with Gasteiger partial charge >= 0.3 is 5.97 Å². The molecule has 0 unspecified atom stereocenters. The highest BCUT2D eigenvalue weighted by atomic mass is 32.1. The van der Waals surface area contributed by atoms with Crippen LogP contribution in [0, 0.1) is 10.6 Å². The van der Waals surface area contributed by atoms with E-state index in [1.54, 1.807) is 30.5 Å².